The first-order chi connectivity index (χ1) is 10.6. The van der Waals surface area contributed by atoms with Crippen molar-refractivity contribution >= 4 is 22.1 Å². The predicted molar refractivity (Wildman–Crippen MR) is 95.6 cm³/mol. The third-order valence-electron chi connectivity index (χ3n) is 3.83. The van der Waals surface area contributed by atoms with Crippen LogP contribution in [0.2, 0.25) is 0 Å². The third-order valence-corrected chi connectivity index (χ3v) is 4.99. The molecule has 0 bridgehead atoms. The Balaban J connectivity index is 1.85. The molecule has 0 atom stereocenters. The van der Waals surface area contributed by atoms with E-state index < -0.39 is 0 Å². The highest BCUT2D eigenvalue weighted by Crippen LogP contribution is 2.25. The van der Waals surface area contributed by atoms with Gasteiger partial charge in [0.05, 0.1) is 10.7 Å². The first-order valence-electron chi connectivity index (χ1n) is 7.78. The second-order valence-corrected chi connectivity index (χ2v) is 7.14. The molecule has 22 heavy (non-hydrogen) atoms. The molecule has 3 aromatic rings. The lowest BCUT2D eigenvalue weighted by molar-refractivity contribution is 0.591. The molecule has 1 heterocycles. The fraction of sp³-hybridized carbons (Fsp3) is 0.316. The van der Waals surface area contributed by atoms with E-state index in [1.54, 1.807) is 0 Å². The monoisotopic (exact) mass is 310 g/mol. The summed E-state index contributed by atoms with van der Waals surface area (Å²) in [5, 5.41) is 7.32. The molecule has 0 fully saturated rings. The molecule has 2 aromatic carbocycles. The molecule has 0 spiro atoms. The summed E-state index contributed by atoms with van der Waals surface area (Å²) >= 11 is 1.83. The molecule has 0 radical (unpaired) electrons. The van der Waals surface area contributed by atoms with Crippen molar-refractivity contribution in [1.29, 1.82) is 0 Å². The van der Waals surface area contributed by atoms with Gasteiger partial charge in [0.2, 0.25) is 0 Å². The van der Waals surface area contributed by atoms with Crippen LogP contribution in [0.1, 0.15) is 35.0 Å². The lowest BCUT2D eigenvalue weighted by Crippen LogP contribution is -2.21. The summed E-state index contributed by atoms with van der Waals surface area (Å²) in [5.74, 6) is 0. The van der Waals surface area contributed by atoms with Gasteiger partial charge >= 0.3 is 0 Å². The van der Waals surface area contributed by atoms with Crippen LogP contribution in [0, 0.1) is 6.92 Å². The molecule has 1 aromatic heterocycles. The molecule has 3 rings (SSSR count). The van der Waals surface area contributed by atoms with Gasteiger partial charge in [0, 0.05) is 23.9 Å². The van der Waals surface area contributed by atoms with Gasteiger partial charge in [-0.2, -0.15) is 0 Å². The Hall–Kier alpha value is -1.71. The van der Waals surface area contributed by atoms with E-state index in [-0.39, 0.29) is 0 Å². The second kappa shape index (κ2) is 6.59. The molecule has 3 heteroatoms. The number of hydrogen-bond acceptors (Lipinski definition) is 3. The number of nitrogens with zero attached hydrogens (tertiary/aromatic N) is 1. The van der Waals surface area contributed by atoms with Gasteiger partial charge in [-0.3, -0.25) is 0 Å². The summed E-state index contributed by atoms with van der Waals surface area (Å²) in [6, 6.07) is 15.6. The number of thiazole rings is 1. The van der Waals surface area contributed by atoms with E-state index in [1.165, 1.54) is 26.2 Å². The van der Waals surface area contributed by atoms with Crippen LogP contribution in [-0.4, -0.2) is 11.0 Å². The first kappa shape index (κ1) is 15.2. The van der Waals surface area contributed by atoms with Crippen molar-refractivity contribution in [3.05, 3.63) is 63.6 Å². The first-order valence-corrected chi connectivity index (χ1v) is 8.60. The van der Waals surface area contributed by atoms with E-state index in [9.17, 15) is 0 Å². The molecule has 0 aliphatic heterocycles. The summed E-state index contributed by atoms with van der Waals surface area (Å²) in [4.78, 5) is 6.12. The molecule has 0 aliphatic carbocycles. The summed E-state index contributed by atoms with van der Waals surface area (Å²) in [6.45, 7) is 7.37. The molecule has 0 saturated heterocycles. The van der Waals surface area contributed by atoms with Crippen molar-refractivity contribution in [1.82, 2.24) is 10.3 Å². The molecular formula is C19H22N2S. The van der Waals surface area contributed by atoms with Gasteiger partial charge in [0.1, 0.15) is 0 Å². The average Bonchev–Trinajstić information content (AvgIpc) is 2.85. The zero-order chi connectivity index (χ0) is 15.5. The third kappa shape index (κ3) is 3.37. The van der Waals surface area contributed by atoms with Crippen molar-refractivity contribution in [2.24, 2.45) is 0 Å². The van der Waals surface area contributed by atoms with E-state index in [0.29, 0.717) is 6.04 Å². The predicted octanol–water partition coefficient (Wildman–Crippen LogP) is 4.69. The molecule has 0 amide bonds. The van der Waals surface area contributed by atoms with Crippen LogP contribution in [0.15, 0.2) is 42.5 Å². The van der Waals surface area contributed by atoms with Crippen molar-refractivity contribution in [2.45, 2.75) is 39.8 Å². The minimum atomic E-state index is 0.503. The highest BCUT2D eigenvalue weighted by Gasteiger charge is 2.10. The second-order valence-electron chi connectivity index (χ2n) is 5.97. The fourth-order valence-electron chi connectivity index (χ4n) is 2.63. The van der Waals surface area contributed by atoms with Crippen LogP contribution < -0.4 is 5.32 Å². The summed E-state index contributed by atoms with van der Waals surface area (Å²) in [6.07, 6.45) is 0.911. The SMILES string of the molecule is Cc1nc(Cc2cccc3ccccc23)sc1CNC(C)C. The van der Waals surface area contributed by atoms with E-state index in [2.05, 4.69) is 68.6 Å². The maximum absolute atomic E-state index is 4.77. The fourth-order valence-corrected chi connectivity index (χ4v) is 3.68. The van der Waals surface area contributed by atoms with E-state index in [4.69, 9.17) is 4.98 Å². The summed E-state index contributed by atoms with van der Waals surface area (Å²) < 4.78 is 0. The average molecular weight is 310 g/mol. The van der Waals surface area contributed by atoms with Gasteiger partial charge in [-0.1, -0.05) is 56.3 Å². The number of rotatable bonds is 5. The van der Waals surface area contributed by atoms with Crippen molar-refractivity contribution < 1.29 is 0 Å². The van der Waals surface area contributed by atoms with E-state index >= 15 is 0 Å². The van der Waals surface area contributed by atoms with Gasteiger partial charge in [-0.05, 0) is 23.3 Å². The van der Waals surface area contributed by atoms with Gasteiger partial charge in [-0.15, -0.1) is 11.3 Å². The summed E-state index contributed by atoms with van der Waals surface area (Å²) in [7, 11) is 0. The van der Waals surface area contributed by atoms with Crippen LogP contribution in [0.25, 0.3) is 10.8 Å². The number of aromatic nitrogens is 1. The standard InChI is InChI=1S/C19H22N2S/c1-13(2)20-12-18-14(3)21-19(22-18)11-16-9-6-8-15-7-4-5-10-17(15)16/h4-10,13,20H,11-12H2,1-3H3. The number of fused-ring (bicyclic) bond motifs is 1. The minimum Gasteiger partial charge on any atom is -0.310 e. The topological polar surface area (TPSA) is 24.9 Å². The molecular weight excluding hydrogens is 288 g/mol. The molecule has 2 nitrogen and oxygen atoms in total. The Labute approximate surface area is 136 Å². The smallest absolute Gasteiger partial charge is 0.0975 e. The number of hydrogen-bond donors (Lipinski definition) is 1. The Morgan fingerprint density at radius 2 is 1.86 bits per heavy atom. The van der Waals surface area contributed by atoms with E-state index in [1.807, 2.05) is 11.3 Å². The van der Waals surface area contributed by atoms with Gasteiger partial charge in [0.15, 0.2) is 0 Å². The Bertz CT molecular complexity index is 769. The van der Waals surface area contributed by atoms with Gasteiger partial charge < -0.3 is 5.32 Å². The molecule has 0 saturated carbocycles. The highest BCUT2D eigenvalue weighted by molar-refractivity contribution is 7.11. The van der Waals surface area contributed by atoms with Crippen LogP contribution in [0.3, 0.4) is 0 Å². The zero-order valence-electron chi connectivity index (χ0n) is 13.4. The Kier molecular flexibility index (Phi) is 4.55. The molecule has 0 unspecified atom stereocenters. The van der Waals surface area contributed by atoms with Gasteiger partial charge in [0.25, 0.3) is 0 Å². The van der Waals surface area contributed by atoms with Gasteiger partial charge in [-0.25, -0.2) is 4.98 Å². The molecule has 0 aliphatic rings. The molecule has 1 N–H and O–H groups in total. The van der Waals surface area contributed by atoms with Crippen molar-refractivity contribution in [3.63, 3.8) is 0 Å². The lowest BCUT2D eigenvalue weighted by atomic mass is 10.0. The maximum atomic E-state index is 4.77. The zero-order valence-corrected chi connectivity index (χ0v) is 14.2. The lowest BCUT2D eigenvalue weighted by Gasteiger charge is -2.06. The largest absolute Gasteiger partial charge is 0.310 e. The highest BCUT2D eigenvalue weighted by atomic mass is 32.1. The Morgan fingerprint density at radius 3 is 2.68 bits per heavy atom. The number of aryl methyl sites for hydroxylation is 1. The van der Waals surface area contributed by atoms with Crippen LogP contribution in [-0.2, 0) is 13.0 Å². The molecule has 114 valence electrons. The van der Waals surface area contributed by atoms with Crippen LogP contribution >= 0.6 is 11.3 Å². The summed E-state index contributed by atoms with van der Waals surface area (Å²) in [5.41, 5.74) is 2.52. The van der Waals surface area contributed by atoms with Crippen molar-refractivity contribution in [3.8, 4) is 0 Å². The Morgan fingerprint density at radius 1 is 1.09 bits per heavy atom. The minimum absolute atomic E-state index is 0.503. The number of benzene rings is 2. The van der Waals surface area contributed by atoms with Crippen LogP contribution in [0.5, 0.6) is 0 Å². The van der Waals surface area contributed by atoms with E-state index in [0.717, 1.165) is 18.7 Å². The van der Waals surface area contributed by atoms with Crippen molar-refractivity contribution in [2.75, 3.05) is 0 Å². The maximum Gasteiger partial charge on any atom is 0.0975 e. The van der Waals surface area contributed by atoms with Crippen LogP contribution in [0.4, 0.5) is 0 Å². The quantitative estimate of drug-likeness (QED) is 0.739. The number of nitrogens with one attached hydrogen (secondary N) is 1. The normalized spacial score (nSPS) is 11.5.